The highest BCUT2D eigenvalue weighted by molar-refractivity contribution is 8.18. The largest absolute Gasteiger partial charge is 0.507 e. The van der Waals surface area contributed by atoms with Crippen LogP contribution in [0.2, 0.25) is 0 Å². The van der Waals surface area contributed by atoms with Crippen LogP contribution in [0, 0.1) is 0 Å². The van der Waals surface area contributed by atoms with Crippen molar-refractivity contribution in [2.75, 3.05) is 7.11 Å². The van der Waals surface area contributed by atoms with Gasteiger partial charge in [0.1, 0.15) is 11.5 Å². The molecule has 25 heavy (non-hydrogen) atoms. The van der Waals surface area contributed by atoms with Crippen LogP contribution in [-0.4, -0.2) is 29.5 Å². The number of nitrogens with zero attached hydrogens (tertiary/aromatic N) is 2. The zero-order valence-electron chi connectivity index (χ0n) is 13.3. The van der Waals surface area contributed by atoms with Gasteiger partial charge in [0.05, 0.1) is 18.2 Å². The number of thioether (sulfide) groups is 1. The number of para-hydroxylation sites is 1. The van der Waals surface area contributed by atoms with E-state index in [0.717, 1.165) is 11.3 Å². The van der Waals surface area contributed by atoms with Gasteiger partial charge in [-0.1, -0.05) is 24.3 Å². The van der Waals surface area contributed by atoms with E-state index in [4.69, 9.17) is 4.74 Å². The lowest BCUT2D eigenvalue weighted by molar-refractivity contribution is -0.115. The SMILES string of the molecule is COc1ccc(/C=C2/SC(=NN=Cc3ccccc3O)NC2=O)cc1. The molecule has 1 heterocycles. The molecule has 126 valence electrons. The maximum Gasteiger partial charge on any atom is 0.264 e. The highest BCUT2D eigenvalue weighted by Gasteiger charge is 2.23. The normalized spacial score (nSPS) is 17.4. The van der Waals surface area contributed by atoms with E-state index in [2.05, 4.69) is 15.5 Å². The number of nitrogens with one attached hydrogen (secondary N) is 1. The number of hydrogen-bond acceptors (Lipinski definition) is 6. The minimum absolute atomic E-state index is 0.120. The molecule has 0 aliphatic carbocycles. The van der Waals surface area contributed by atoms with Crippen molar-refractivity contribution < 1.29 is 14.6 Å². The van der Waals surface area contributed by atoms with Crippen LogP contribution in [0.4, 0.5) is 0 Å². The van der Waals surface area contributed by atoms with Crippen LogP contribution in [0.3, 0.4) is 0 Å². The number of rotatable bonds is 4. The van der Waals surface area contributed by atoms with E-state index < -0.39 is 0 Å². The van der Waals surface area contributed by atoms with Crippen molar-refractivity contribution in [1.82, 2.24) is 5.32 Å². The number of phenols is 1. The average molecular weight is 353 g/mol. The summed E-state index contributed by atoms with van der Waals surface area (Å²) in [6.07, 6.45) is 3.20. The Morgan fingerprint density at radius 2 is 1.92 bits per heavy atom. The topological polar surface area (TPSA) is 83.3 Å². The van der Waals surface area contributed by atoms with Crippen LogP contribution in [0.25, 0.3) is 6.08 Å². The molecule has 1 amide bonds. The summed E-state index contributed by atoms with van der Waals surface area (Å²) >= 11 is 1.21. The molecular weight excluding hydrogens is 338 g/mol. The minimum atomic E-state index is -0.225. The quantitative estimate of drug-likeness (QED) is 0.503. The standard InChI is InChI=1S/C18H15N3O3S/c1-24-14-8-6-12(7-9-14)10-16-17(23)20-18(25-16)21-19-11-13-4-2-3-5-15(13)22/h2-11,22H,1H3,(H,20,21,23)/b16-10+,19-11?. The van der Waals surface area contributed by atoms with Crippen molar-refractivity contribution in [3.8, 4) is 11.5 Å². The molecule has 2 N–H and O–H groups in total. The van der Waals surface area contributed by atoms with Gasteiger partial charge < -0.3 is 9.84 Å². The first-order valence-electron chi connectivity index (χ1n) is 7.39. The van der Waals surface area contributed by atoms with E-state index in [-0.39, 0.29) is 11.7 Å². The van der Waals surface area contributed by atoms with Crippen LogP contribution in [0.5, 0.6) is 11.5 Å². The number of benzene rings is 2. The Hall–Kier alpha value is -3.06. The van der Waals surface area contributed by atoms with Crippen LogP contribution in [-0.2, 0) is 4.79 Å². The first-order chi connectivity index (χ1) is 12.2. The third-order valence-electron chi connectivity index (χ3n) is 3.35. The molecule has 1 saturated heterocycles. The fourth-order valence-electron chi connectivity index (χ4n) is 2.07. The maximum absolute atomic E-state index is 12.0. The second-order valence-corrected chi connectivity index (χ2v) is 6.08. The van der Waals surface area contributed by atoms with E-state index in [1.807, 2.05) is 24.3 Å². The summed E-state index contributed by atoms with van der Waals surface area (Å²) in [5.74, 6) is 0.651. The van der Waals surface area contributed by atoms with Gasteiger partial charge in [-0.05, 0) is 47.7 Å². The molecule has 3 rings (SSSR count). The molecule has 0 saturated carbocycles. The Labute approximate surface area is 148 Å². The van der Waals surface area contributed by atoms with Crippen LogP contribution in [0.15, 0.2) is 63.6 Å². The smallest absolute Gasteiger partial charge is 0.264 e. The second kappa shape index (κ2) is 7.67. The number of methoxy groups -OCH3 is 1. The molecule has 0 radical (unpaired) electrons. The summed E-state index contributed by atoms with van der Waals surface area (Å²) < 4.78 is 5.11. The molecule has 0 aromatic heterocycles. The molecule has 2 aromatic carbocycles. The summed E-state index contributed by atoms with van der Waals surface area (Å²) in [4.78, 5) is 12.5. The molecule has 7 heteroatoms. The number of aromatic hydroxyl groups is 1. The first-order valence-corrected chi connectivity index (χ1v) is 8.21. The third kappa shape index (κ3) is 4.27. The van der Waals surface area contributed by atoms with Crippen LogP contribution >= 0.6 is 11.8 Å². The maximum atomic E-state index is 12.0. The number of hydrogen-bond donors (Lipinski definition) is 2. The van der Waals surface area contributed by atoms with Gasteiger partial charge in [0.2, 0.25) is 0 Å². The molecule has 1 aliphatic heterocycles. The van der Waals surface area contributed by atoms with E-state index >= 15 is 0 Å². The highest BCUT2D eigenvalue weighted by Crippen LogP contribution is 2.26. The van der Waals surface area contributed by atoms with E-state index in [1.165, 1.54) is 18.0 Å². The van der Waals surface area contributed by atoms with E-state index in [9.17, 15) is 9.90 Å². The summed E-state index contributed by atoms with van der Waals surface area (Å²) in [6.45, 7) is 0. The van der Waals surface area contributed by atoms with Crippen molar-refractivity contribution in [1.29, 1.82) is 0 Å². The molecule has 1 fully saturated rings. The van der Waals surface area contributed by atoms with Gasteiger partial charge in [-0.25, -0.2) is 0 Å². The Morgan fingerprint density at radius 1 is 1.16 bits per heavy atom. The predicted octanol–water partition coefficient (Wildman–Crippen LogP) is 2.99. The highest BCUT2D eigenvalue weighted by atomic mass is 32.2. The number of carbonyl (C=O) groups excluding carboxylic acids is 1. The average Bonchev–Trinajstić information content (AvgIpc) is 2.97. The molecule has 1 aliphatic rings. The Balaban J connectivity index is 1.71. The van der Waals surface area contributed by atoms with E-state index in [1.54, 1.807) is 37.5 Å². The van der Waals surface area contributed by atoms with Gasteiger partial charge in [0, 0.05) is 5.56 Å². The number of phenolic OH excluding ortho intramolecular Hbond substituents is 1. The Kier molecular flexibility index (Phi) is 5.15. The van der Waals surface area contributed by atoms with E-state index in [0.29, 0.717) is 15.6 Å². The zero-order valence-corrected chi connectivity index (χ0v) is 14.2. The Morgan fingerprint density at radius 3 is 2.64 bits per heavy atom. The fourth-order valence-corrected chi connectivity index (χ4v) is 2.85. The van der Waals surface area contributed by atoms with Crippen molar-refractivity contribution in [2.45, 2.75) is 0 Å². The van der Waals surface area contributed by atoms with Crippen molar-refractivity contribution in [3.63, 3.8) is 0 Å². The number of amides is 1. The van der Waals surface area contributed by atoms with Gasteiger partial charge >= 0.3 is 0 Å². The van der Waals surface area contributed by atoms with Crippen LogP contribution < -0.4 is 10.1 Å². The number of ether oxygens (including phenoxy) is 1. The Bertz CT molecular complexity index is 873. The van der Waals surface area contributed by atoms with Gasteiger partial charge in [-0.15, -0.1) is 5.10 Å². The molecule has 0 atom stereocenters. The molecule has 0 unspecified atom stereocenters. The van der Waals surface area contributed by atoms with Crippen LogP contribution in [0.1, 0.15) is 11.1 Å². The minimum Gasteiger partial charge on any atom is -0.507 e. The summed E-state index contributed by atoms with van der Waals surface area (Å²) in [6, 6.07) is 14.2. The van der Waals surface area contributed by atoms with Gasteiger partial charge in [-0.3, -0.25) is 10.1 Å². The lowest BCUT2D eigenvalue weighted by Crippen LogP contribution is -2.19. The zero-order chi connectivity index (χ0) is 17.6. The fraction of sp³-hybridized carbons (Fsp3) is 0.0556. The monoisotopic (exact) mass is 353 g/mol. The summed E-state index contributed by atoms with van der Waals surface area (Å²) in [7, 11) is 1.60. The molecular formula is C18H15N3O3S. The molecule has 0 spiro atoms. The molecule has 6 nitrogen and oxygen atoms in total. The predicted molar refractivity (Wildman–Crippen MR) is 99.8 cm³/mol. The van der Waals surface area contributed by atoms with Gasteiger partial charge in [-0.2, -0.15) is 5.10 Å². The van der Waals surface area contributed by atoms with Gasteiger partial charge in [0.25, 0.3) is 5.91 Å². The number of amidine groups is 1. The number of carbonyl (C=O) groups is 1. The summed E-state index contributed by atoms with van der Waals surface area (Å²) in [5.41, 5.74) is 1.44. The third-order valence-corrected chi connectivity index (χ3v) is 4.25. The molecule has 2 aromatic rings. The summed E-state index contributed by atoms with van der Waals surface area (Å²) in [5, 5.41) is 20.6. The van der Waals surface area contributed by atoms with Gasteiger partial charge in [0.15, 0.2) is 5.17 Å². The molecule has 0 bridgehead atoms. The van der Waals surface area contributed by atoms with Crippen molar-refractivity contribution in [3.05, 3.63) is 64.6 Å². The lowest BCUT2D eigenvalue weighted by Gasteiger charge is -1.99. The van der Waals surface area contributed by atoms with Crippen molar-refractivity contribution in [2.24, 2.45) is 10.2 Å². The first kappa shape index (κ1) is 16.8. The van der Waals surface area contributed by atoms with Crippen molar-refractivity contribution >= 4 is 35.1 Å². The lowest BCUT2D eigenvalue weighted by atomic mass is 10.2. The second-order valence-electron chi connectivity index (χ2n) is 5.05.